The van der Waals surface area contributed by atoms with Crippen molar-refractivity contribution in [1.82, 2.24) is 4.90 Å². The number of phenolic OH excluding ortho intramolecular Hbond substituents is 1. The van der Waals surface area contributed by atoms with Crippen molar-refractivity contribution < 1.29 is 5.11 Å². The molecular weight excluding hydrogens is 198 g/mol. The predicted molar refractivity (Wildman–Crippen MR) is 66.8 cm³/mol. The van der Waals surface area contributed by atoms with Crippen LogP contribution in [0, 0.1) is 5.92 Å². The third-order valence-corrected chi connectivity index (χ3v) is 3.50. The highest BCUT2D eigenvalue weighted by Gasteiger charge is 2.18. The lowest BCUT2D eigenvalue weighted by Crippen LogP contribution is -2.21. The maximum Gasteiger partial charge on any atom is 0.115 e. The van der Waals surface area contributed by atoms with Crippen LogP contribution in [0.25, 0.3) is 0 Å². The van der Waals surface area contributed by atoms with Gasteiger partial charge >= 0.3 is 0 Å². The number of aromatic hydroxyl groups is 1. The number of rotatable bonds is 3. The second kappa shape index (κ2) is 4.88. The lowest BCUT2D eigenvalue weighted by atomic mass is 9.82. The number of fused-ring (bicyclic) bond motifs is 1. The van der Waals surface area contributed by atoms with Crippen molar-refractivity contribution in [3.63, 3.8) is 0 Å². The van der Waals surface area contributed by atoms with Gasteiger partial charge in [-0.25, -0.2) is 0 Å². The van der Waals surface area contributed by atoms with E-state index in [1.165, 1.54) is 36.9 Å². The Morgan fingerprint density at radius 3 is 2.88 bits per heavy atom. The predicted octanol–water partition coefficient (Wildman–Crippen LogP) is 2.45. The zero-order valence-electron chi connectivity index (χ0n) is 10.2. The molecule has 0 aromatic heterocycles. The monoisotopic (exact) mass is 219 g/mol. The van der Waals surface area contributed by atoms with E-state index >= 15 is 0 Å². The van der Waals surface area contributed by atoms with Crippen LogP contribution in [0.1, 0.15) is 24.0 Å². The number of hydrogen-bond acceptors (Lipinski definition) is 2. The molecule has 1 aromatic carbocycles. The minimum atomic E-state index is 0.408. The molecule has 0 bridgehead atoms. The van der Waals surface area contributed by atoms with Gasteiger partial charge in [-0.1, -0.05) is 6.07 Å². The summed E-state index contributed by atoms with van der Waals surface area (Å²) < 4.78 is 0. The highest BCUT2D eigenvalue weighted by Crippen LogP contribution is 2.29. The van der Waals surface area contributed by atoms with Crippen LogP contribution in [0.3, 0.4) is 0 Å². The van der Waals surface area contributed by atoms with E-state index in [4.69, 9.17) is 0 Å². The molecule has 0 spiro atoms. The Kier molecular flexibility index (Phi) is 3.49. The normalized spacial score (nSPS) is 19.8. The summed E-state index contributed by atoms with van der Waals surface area (Å²) in [5, 5.41) is 9.42. The van der Waals surface area contributed by atoms with Crippen molar-refractivity contribution in [1.29, 1.82) is 0 Å². The molecule has 1 aliphatic carbocycles. The average molecular weight is 219 g/mol. The van der Waals surface area contributed by atoms with Crippen LogP contribution >= 0.6 is 0 Å². The van der Waals surface area contributed by atoms with E-state index in [-0.39, 0.29) is 0 Å². The van der Waals surface area contributed by atoms with Crippen molar-refractivity contribution in [3.05, 3.63) is 29.3 Å². The van der Waals surface area contributed by atoms with Crippen molar-refractivity contribution in [2.45, 2.75) is 25.7 Å². The Bertz CT molecular complexity index is 360. The van der Waals surface area contributed by atoms with Gasteiger partial charge in [0.1, 0.15) is 5.75 Å². The maximum atomic E-state index is 9.42. The SMILES string of the molecule is CN(C)CC[C@@H]1CCc2cc(O)ccc2C1. The average Bonchev–Trinajstić information content (AvgIpc) is 2.26. The van der Waals surface area contributed by atoms with Crippen LogP contribution < -0.4 is 0 Å². The zero-order chi connectivity index (χ0) is 11.5. The van der Waals surface area contributed by atoms with Crippen molar-refractivity contribution in [2.75, 3.05) is 20.6 Å². The second-order valence-corrected chi connectivity index (χ2v) is 5.15. The molecule has 0 fully saturated rings. The third kappa shape index (κ3) is 2.76. The second-order valence-electron chi connectivity index (χ2n) is 5.15. The minimum Gasteiger partial charge on any atom is -0.508 e. The molecule has 2 heteroatoms. The van der Waals surface area contributed by atoms with Gasteiger partial charge < -0.3 is 10.0 Å². The van der Waals surface area contributed by atoms with Gasteiger partial charge in [0.25, 0.3) is 0 Å². The van der Waals surface area contributed by atoms with Crippen LogP contribution in [0.15, 0.2) is 18.2 Å². The fourth-order valence-corrected chi connectivity index (χ4v) is 2.50. The van der Waals surface area contributed by atoms with E-state index in [1.807, 2.05) is 12.1 Å². The van der Waals surface area contributed by atoms with E-state index in [2.05, 4.69) is 25.1 Å². The van der Waals surface area contributed by atoms with Crippen LogP contribution in [0.4, 0.5) is 0 Å². The molecule has 1 aromatic rings. The summed E-state index contributed by atoms with van der Waals surface area (Å²) in [6.07, 6.45) is 4.86. The number of benzene rings is 1. The Morgan fingerprint density at radius 2 is 2.12 bits per heavy atom. The number of aryl methyl sites for hydroxylation is 1. The van der Waals surface area contributed by atoms with Gasteiger partial charge in [-0.05, 0) is 75.5 Å². The standard InChI is InChI=1S/C14H21NO/c1-15(2)8-7-11-3-4-13-10-14(16)6-5-12(13)9-11/h5-6,10-11,16H,3-4,7-9H2,1-2H3/t11-/m0/s1. The molecule has 2 nitrogen and oxygen atoms in total. The summed E-state index contributed by atoms with van der Waals surface area (Å²) in [7, 11) is 4.27. The van der Waals surface area contributed by atoms with Gasteiger partial charge in [0.15, 0.2) is 0 Å². The molecule has 0 aliphatic heterocycles. The lowest BCUT2D eigenvalue weighted by molar-refractivity contribution is 0.330. The zero-order valence-corrected chi connectivity index (χ0v) is 10.2. The number of hydrogen-bond donors (Lipinski definition) is 1. The first-order valence-corrected chi connectivity index (χ1v) is 6.10. The number of phenols is 1. The van der Waals surface area contributed by atoms with Crippen molar-refractivity contribution in [2.24, 2.45) is 5.92 Å². The van der Waals surface area contributed by atoms with Crippen LogP contribution in [0.2, 0.25) is 0 Å². The first kappa shape index (κ1) is 11.5. The maximum absolute atomic E-state index is 9.42. The van der Waals surface area contributed by atoms with E-state index < -0.39 is 0 Å². The topological polar surface area (TPSA) is 23.5 Å². The molecule has 0 saturated heterocycles. The first-order valence-electron chi connectivity index (χ1n) is 6.10. The lowest BCUT2D eigenvalue weighted by Gasteiger charge is -2.25. The summed E-state index contributed by atoms with van der Waals surface area (Å²) in [5.41, 5.74) is 2.79. The molecule has 0 heterocycles. The fraction of sp³-hybridized carbons (Fsp3) is 0.571. The Hall–Kier alpha value is -1.02. The number of nitrogens with zero attached hydrogens (tertiary/aromatic N) is 1. The van der Waals surface area contributed by atoms with Gasteiger partial charge in [-0.15, -0.1) is 0 Å². The molecule has 88 valence electrons. The molecule has 1 atom stereocenters. The Labute approximate surface area is 97.9 Å². The molecule has 2 rings (SSSR count). The first-order chi connectivity index (χ1) is 7.65. The van der Waals surface area contributed by atoms with Crippen molar-refractivity contribution in [3.8, 4) is 5.75 Å². The summed E-state index contributed by atoms with van der Waals surface area (Å²) in [6.45, 7) is 1.18. The fourth-order valence-electron chi connectivity index (χ4n) is 2.50. The van der Waals surface area contributed by atoms with E-state index in [9.17, 15) is 5.11 Å². The Morgan fingerprint density at radius 1 is 1.31 bits per heavy atom. The third-order valence-electron chi connectivity index (χ3n) is 3.50. The van der Waals surface area contributed by atoms with Gasteiger partial charge in [0, 0.05) is 0 Å². The molecule has 16 heavy (non-hydrogen) atoms. The summed E-state index contributed by atoms with van der Waals surface area (Å²) in [6, 6.07) is 5.83. The molecule has 0 amide bonds. The van der Waals surface area contributed by atoms with Gasteiger partial charge in [0.2, 0.25) is 0 Å². The molecule has 0 unspecified atom stereocenters. The van der Waals surface area contributed by atoms with E-state index in [0.717, 1.165) is 12.3 Å². The highest BCUT2D eigenvalue weighted by atomic mass is 16.3. The van der Waals surface area contributed by atoms with Gasteiger partial charge in [-0.2, -0.15) is 0 Å². The molecule has 1 aliphatic rings. The molecule has 1 N–H and O–H groups in total. The van der Waals surface area contributed by atoms with Gasteiger partial charge in [0.05, 0.1) is 0 Å². The van der Waals surface area contributed by atoms with Crippen molar-refractivity contribution >= 4 is 0 Å². The quantitative estimate of drug-likeness (QED) is 0.844. The Balaban J connectivity index is 1.98. The molecular formula is C14H21NO. The van der Waals surface area contributed by atoms with Crippen LogP contribution in [0.5, 0.6) is 5.75 Å². The van der Waals surface area contributed by atoms with Crippen LogP contribution in [-0.2, 0) is 12.8 Å². The largest absolute Gasteiger partial charge is 0.508 e. The molecule has 0 saturated carbocycles. The van der Waals surface area contributed by atoms with E-state index in [0.29, 0.717) is 5.75 Å². The summed E-state index contributed by atoms with van der Waals surface area (Å²) in [5.74, 6) is 1.23. The molecule has 0 radical (unpaired) electrons. The van der Waals surface area contributed by atoms with Gasteiger partial charge in [-0.3, -0.25) is 0 Å². The summed E-state index contributed by atoms with van der Waals surface area (Å²) in [4.78, 5) is 2.26. The summed E-state index contributed by atoms with van der Waals surface area (Å²) >= 11 is 0. The minimum absolute atomic E-state index is 0.408. The highest BCUT2D eigenvalue weighted by molar-refractivity contribution is 5.36. The van der Waals surface area contributed by atoms with Crippen LogP contribution in [-0.4, -0.2) is 30.6 Å². The smallest absolute Gasteiger partial charge is 0.115 e. The van der Waals surface area contributed by atoms with E-state index in [1.54, 1.807) is 0 Å².